The van der Waals surface area contributed by atoms with Gasteiger partial charge in [0.25, 0.3) is 0 Å². The quantitative estimate of drug-likeness (QED) is 0.503. The van der Waals surface area contributed by atoms with E-state index in [9.17, 15) is 4.39 Å². The van der Waals surface area contributed by atoms with E-state index in [1.54, 1.807) is 25.4 Å². The highest BCUT2D eigenvalue weighted by atomic mass is 35.5. The average Bonchev–Trinajstić information content (AvgIpc) is 3.19. The van der Waals surface area contributed by atoms with Crippen molar-refractivity contribution in [2.24, 2.45) is 4.99 Å². The van der Waals surface area contributed by atoms with E-state index in [0.717, 1.165) is 5.56 Å². The van der Waals surface area contributed by atoms with Gasteiger partial charge in [-0.25, -0.2) is 4.39 Å². The Morgan fingerprint density at radius 2 is 1.89 bits per heavy atom. The molecule has 0 unspecified atom stereocenters. The summed E-state index contributed by atoms with van der Waals surface area (Å²) >= 11 is 5.82. The lowest BCUT2D eigenvalue weighted by molar-refractivity contribution is 0.627. The van der Waals surface area contributed by atoms with Gasteiger partial charge in [0.05, 0.1) is 11.6 Å². The number of nitrogens with zero attached hydrogens (tertiary/aromatic N) is 3. The van der Waals surface area contributed by atoms with Crippen LogP contribution < -0.4 is 10.6 Å². The van der Waals surface area contributed by atoms with E-state index in [-0.39, 0.29) is 5.02 Å². The van der Waals surface area contributed by atoms with E-state index in [0.29, 0.717) is 25.6 Å². The van der Waals surface area contributed by atoms with Crippen molar-refractivity contribution in [3.8, 4) is 0 Å². The highest BCUT2D eigenvalue weighted by Crippen LogP contribution is 2.15. The van der Waals surface area contributed by atoms with Crippen molar-refractivity contribution in [2.45, 2.75) is 19.6 Å². The molecule has 0 saturated heterocycles. The van der Waals surface area contributed by atoms with Gasteiger partial charge in [-0.2, -0.15) is 5.10 Å². The van der Waals surface area contributed by atoms with Gasteiger partial charge in [-0.3, -0.25) is 9.67 Å². The van der Waals surface area contributed by atoms with Crippen molar-refractivity contribution in [1.82, 2.24) is 20.4 Å². The van der Waals surface area contributed by atoms with E-state index >= 15 is 0 Å². The Labute approximate surface area is 162 Å². The molecule has 3 rings (SSSR count). The standard InChI is InChI=1S/C20H21ClFN5/c1-23-20(24-12-15-7-8-19(22)18(21)11-15)25-13-16-5-2-3-6-17(16)14-27-10-4-9-26-27/h2-11H,12-14H2,1H3,(H2,23,24,25). The van der Waals surface area contributed by atoms with Crippen molar-refractivity contribution < 1.29 is 4.39 Å². The van der Waals surface area contributed by atoms with Gasteiger partial charge in [-0.15, -0.1) is 0 Å². The lowest BCUT2D eigenvalue weighted by atomic mass is 10.1. The molecule has 3 aromatic rings. The molecule has 2 N–H and O–H groups in total. The molecule has 0 saturated carbocycles. The summed E-state index contributed by atoms with van der Waals surface area (Å²) in [6.07, 6.45) is 3.72. The van der Waals surface area contributed by atoms with E-state index < -0.39 is 5.82 Å². The number of guanidine groups is 1. The summed E-state index contributed by atoms with van der Waals surface area (Å²) in [5, 5.41) is 10.9. The second-order valence-electron chi connectivity index (χ2n) is 6.00. The first-order valence-electron chi connectivity index (χ1n) is 8.58. The summed E-state index contributed by atoms with van der Waals surface area (Å²) in [4.78, 5) is 4.23. The molecule has 0 aliphatic rings. The maximum atomic E-state index is 13.3. The zero-order valence-corrected chi connectivity index (χ0v) is 15.7. The molecule has 5 nitrogen and oxygen atoms in total. The van der Waals surface area contributed by atoms with Crippen molar-refractivity contribution in [1.29, 1.82) is 0 Å². The van der Waals surface area contributed by atoms with Crippen LogP contribution in [0, 0.1) is 5.82 Å². The SMILES string of the molecule is CN=C(NCc1ccc(F)c(Cl)c1)NCc1ccccc1Cn1cccn1. The Morgan fingerprint density at radius 3 is 2.59 bits per heavy atom. The third kappa shape index (κ3) is 5.31. The number of aliphatic imine (C=N–C) groups is 1. The number of halogens is 2. The third-order valence-corrected chi connectivity index (χ3v) is 4.41. The summed E-state index contributed by atoms with van der Waals surface area (Å²) in [6.45, 7) is 1.83. The molecule has 0 bridgehead atoms. The van der Waals surface area contributed by atoms with Gasteiger partial charge in [0, 0.05) is 32.5 Å². The van der Waals surface area contributed by atoms with Crippen LogP contribution in [0.5, 0.6) is 0 Å². The summed E-state index contributed by atoms with van der Waals surface area (Å²) in [5.74, 6) is 0.237. The zero-order chi connectivity index (χ0) is 19.1. The van der Waals surface area contributed by atoms with E-state index in [1.807, 2.05) is 29.1 Å². The molecule has 27 heavy (non-hydrogen) atoms. The molecular formula is C20H21ClFN5. The fraction of sp³-hybridized carbons (Fsp3) is 0.200. The van der Waals surface area contributed by atoms with Crippen molar-refractivity contribution >= 4 is 17.6 Å². The minimum atomic E-state index is -0.420. The third-order valence-electron chi connectivity index (χ3n) is 4.12. The smallest absolute Gasteiger partial charge is 0.191 e. The number of hydrogen-bond acceptors (Lipinski definition) is 2. The Balaban J connectivity index is 1.59. The van der Waals surface area contributed by atoms with Gasteiger partial charge in [-0.1, -0.05) is 41.9 Å². The van der Waals surface area contributed by atoms with Crippen LogP contribution in [0.1, 0.15) is 16.7 Å². The first kappa shape index (κ1) is 18.9. The Bertz CT molecular complexity index is 908. The van der Waals surface area contributed by atoms with Crippen LogP contribution in [-0.4, -0.2) is 22.8 Å². The molecule has 0 spiro atoms. The highest BCUT2D eigenvalue weighted by molar-refractivity contribution is 6.30. The number of nitrogens with one attached hydrogen (secondary N) is 2. The van der Waals surface area contributed by atoms with Crippen molar-refractivity contribution in [2.75, 3.05) is 7.05 Å². The van der Waals surface area contributed by atoms with Crippen LogP contribution in [0.4, 0.5) is 4.39 Å². The molecule has 0 fully saturated rings. The second kappa shape index (κ2) is 9.19. The molecule has 0 radical (unpaired) electrons. The highest BCUT2D eigenvalue weighted by Gasteiger charge is 2.06. The van der Waals surface area contributed by atoms with Crippen molar-refractivity contribution in [3.63, 3.8) is 0 Å². The summed E-state index contributed by atoms with van der Waals surface area (Å²) in [6, 6.07) is 14.8. The Kier molecular flexibility index (Phi) is 6.44. The summed E-state index contributed by atoms with van der Waals surface area (Å²) in [7, 11) is 1.71. The predicted molar refractivity (Wildman–Crippen MR) is 106 cm³/mol. The summed E-state index contributed by atoms with van der Waals surface area (Å²) < 4.78 is 15.1. The predicted octanol–water partition coefficient (Wildman–Crippen LogP) is 3.59. The number of rotatable bonds is 6. The molecule has 2 aromatic carbocycles. The van der Waals surface area contributed by atoms with Gasteiger partial charge in [0.15, 0.2) is 5.96 Å². The minimum absolute atomic E-state index is 0.116. The lowest BCUT2D eigenvalue weighted by Crippen LogP contribution is -2.36. The number of benzene rings is 2. The van der Waals surface area contributed by atoms with Gasteiger partial charge in [-0.05, 0) is 34.9 Å². The minimum Gasteiger partial charge on any atom is -0.352 e. The number of hydrogen-bond donors (Lipinski definition) is 2. The fourth-order valence-corrected chi connectivity index (χ4v) is 2.89. The van der Waals surface area contributed by atoms with Crippen LogP contribution in [0.15, 0.2) is 65.9 Å². The fourth-order valence-electron chi connectivity index (χ4n) is 2.69. The Morgan fingerprint density at radius 1 is 1.11 bits per heavy atom. The molecular weight excluding hydrogens is 365 g/mol. The van der Waals surface area contributed by atoms with Crippen molar-refractivity contribution in [3.05, 3.63) is 88.5 Å². The molecule has 0 aliphatic heterocycles. The van der Waals surface area contributed by atoms with Gasteiger partial charge in [0.2, 0.25) is 0 Å². The van der Waals surface area contributed by atoms with E-state index in [2.05, 4.69) is 32.9 Å². The topological polar surface area (TPSA) is 54.2 Å². The monoisotopic (exact) mass is 385 g/mol. The van der Waals surface area contributed by atoms with Gasteiger partial charge in [0.1, 0.15) is 5.82 Å². The van der Waals surface area contributed by atoms with Crippen LogP contribution in [0.25, 0.3) is 0 Å². The van der Waals surface area contributed by atoms with Gasteiger partial charge >= 0.3 is 0 Å². The molecule has 7 heteroatoms. The van der Waals surface area contributed by atoms with E-state index in [4.69, 9.17) is 11.6 Å². The number of aromatic nitrogens is 2. The van der Waals surface area contributed by atoms with E-state index in [1.165, 1.54) is 17.2 Å². The van der Waals surface area contributed by atoms with Crippen LogP contribution in [0.2, 0.25) is 5.02 Å². The van der Waals surface area contributed by atoms with Crippen LogP contribution in [-0.2, 0) is 19.6 Å². The van der Waals surface area contributed by atoms with Crippen LogP contribution >= 0.6 is 11.6 Å². The first-order valence-corrected chi connectivity index (χ1v) is 8.96. The largest absolute Gasteiger partial charge is 0.352 e. The molecule has 140 valence electrons. The molecule has 0 atom stereocenters. The first-order chi connectivity index (χ1) is 13.2. The second-order valence-corrected chi connectivity index (χ2v) is 6.41. The summed E-state index contributed by atoms with van der Waals surface area (Å²) in [5.41, 5.74) is 3.23. The lowest BCUT2D eigenvalue weighted by Gasteiger charge is -2.14. The zero-order valence-electron chi connectivity index (χ0n) is 15.0. The average molecular weight is 386 g/mol. The normalized spacial score (nSPS) is 11.4. The molecule has 0 amide bonds. The molecule has 1 aromatic heterocycles. The Hall–Kier alpha value is -2.86. The van der Waals surface area contributed by atoms with Gasteiger partial charge < -0.3 is 10.6 Å². The maximum Gasteiger partial charge on any atom is 0.191 e. The van der Waals surface area contributed by atoms with Crippen LogP contribution in [0.3, 0.4) is 0 Å². The maximum absolute atomic E-state index is 13.3. The molecule has 0 aliphatic carbocycles. The molecule has 1 heterocycles.